The van der Waals surface area contributed by atoms with Gasteiger partial charge in [-0.3, -0.25) is 4.99 Å². The molecule has 0 radical (unpaired) electrons. The normalized spacial score (nSPS) is 21.1. The van der Waals surface area contributed by atoms with Crippen molar-refractivity contribution in [2.75, 3.05) is 39.8 Å². The summed E-state index contributed by atoms with van der Waals surface area (Å²) < 4.78 is 6.04. The summed E-state index contributed by atoms with van der Waals surface area (Å²) in [4.78, 5) is 9.59. The summed E-state index contributed by atoms with van der Waals surface area (Å²) in [6, 6.07) is 8.24. The minimum absolute atomic E-state index is 0. The second-order valence-electron chi connectivity index (χ2n) is 8.01. The number of guanidine groups is 1. The summed E-state index contributed by atoms with van der Waals surface area (Å²) in [5.74, 6) is 2.76. The Kier molecular flexibility index (Phi) is 7.62. The molecule has 4 rings (SSSR count). The predicted octanol–water partition coefficient (Wildman–Crippen LogP) is 4.24. The van der Waals surface area contributed by atoms with Crippen molar-refractivity contribution in [2.45, 2.75) is 39.2 Å². The topological polar surface area (TPSA) is 44.0 Å². The fraction of sp³-hybridized carbons (Fsp3) is 0.591. The highest BCUT2D eigenvalue weighted by Crippen LogP contribution is 2.25. The van der Waals surface area contributed by atoms with E-state index in [1.54, 1.807) is 0 Å². The highest BCUT2D eigenvalue weighted by atomic mass is 127. The first kappa shape index (κ1) is 21.4. The summed E-state index contributed by atoms with van der Waals surface area (Å²) in [5, 5.41) is 4.72. The predicted molar refractivity (Wildman–Crippen MR) is 127 cm³/mol. The van der Waals surface area contributed by atoms with Crippen molar-refractivity contribution in [3.63, 3.8) is 0 Å². The van der Waals surface area contributed by atoms with Crippen molar-refractivity contribution in [1.29, 1.82) is 0 Å². The van der Waals surface area contributed by atoms with Crippen LogP contribution in [0.15, 0.2) is 33.7 Å². The monoisotopic (exact) mass is 496 g/mol. The summed E-state index contributed by atoms with van der Waals surface area (Å²) in [5.41, 5.74) is 2.18. The summed E-state index contributed by atoms with van der Waals surface area (Å²) in [7, 11) is 1.88. The molecule has 28 heavy (non-hydrogen) atoms. The summed E-state index contributed by atoms with van der Waals surface area (Å²) >= 11 is 0. The van der Waals surface area contributed by atoms with Crippen LogP contribution in [0.2, 0.25) is 0 Å². The van der Waals surface area contributed by atoms with Gasteiger partial charge in [0.15, 0.2) is 5.96 Å². The van der Waals surface area contributed by atoms with Gasteiger partial charge in [0.2, 0.25) is 0 Å². The molecule has 0 saturated carbocycles. The molecule has 2 aliphatic rings. The number of rotatable bonds is 4. The third kappa shape index (κ3) is 4.82. The number of likely N-dealkylation sites (tertiary alicyclic amines) is 2. The Morgan fingerprint density at radius 3 is 2.71 bits per heavy atom. The van der Waals surface area contributed by atoms with Crippen LogP contribution in [0.25, 0.3) is 11.0 Å². The lowest BCUT2D eigenvalue weighted by Gasteiger charge is -2.29. The standard InChI is InChI=1S/C22H32N4O.HI/c1-17-19-8-4-5-9-20(19)27-21(17)14-24-22(23-2)26-13-10-18(16-26)15-25-11-6-3-7-12-25;/h4-5,8-9,18H,3,6-7,10-16H2,1-2H3,(H,23,24);1H. The van der Waals surface area contributed by atoms with Gasteiger partial charge in [0.1, 0.15) is 11.3 Å². The van der Waals surface area contributed by atoms with Crippen LogP contribution in [0.1, 0.15) is 37.0 Å². The zero-order chi connectivity index (χ0) is 18.6. The Morgan fingerprint density at radius 2 is 1.96 bits per heavy atom. The molecule has 0 spiro atoms. The van der Waals surface area contributed by atoms with Crippen LogP contribution in [0.3, 0.4) is 0 Å². The summed E-state index contributed by atoms with van der Waals surface area (Å²) in [6.07, 6.45) is 5.42. The molecule has 154 valence electrons. The van der Waals surface area contributed by atoms with Crippen molar-refractivity contribution in [3.8, 4) is 0 Å². The average Bonchev–Trinajstić information content (AvgIpc) is 3.28. The van der Waals surface area contributed by atoms with Gasteiger partial charge in [-0.15, -0.1) is 24.0 Å². The van der Waals surface area contributed by atoms with E-state index in [9.17, 15) is 0 Å². The second kappa shape index (κ2) is 9.96. The zero-order valence-electron chi connectivity index (χ0n) is 17.1. The Labute approximate surface area is 185 Å². The molecule has 1 aromatic carbocycles. The van der Waals surface area contributed by atoms with E-state index in [1.807, 2.05) is 19.2 Å². The van der Waals surface area contributed by atoms with Gasteiger partial charge in [0, 0.05) is 37.6 Å². The maximum Gasteiger partial charge on any atom is 0.194 e. The maximum absolute atomic E-state index is 6.04. The highest BCUT2D eigenvalue weighted by Gasteiger charge is 2.27. The van der Waals surface area contributed by atoms with E-state index in [0.717, 1.165) is 36.3 Å². The lowest BCUT2D eigenvalue weighted by atomic mass is 10.1. The van der Waals surface area contributed by atoms with Crippen molar-refractivity contribution in [3.05, 3.63) is 35.6 Å². The molecule has 1 aromatic heterocycles. The second-order valence-corrected chi connectivity index (χ2v) is 8.01. The Balaban J connectivity index is 0.00000225. The molecule has 1 N–H and O–H groups in total. The first-order chi connectivity index (χ1) is 13.2. The van der Waals surface area contributed by atoms with Gasteiger partial charge in [0.25, 0.3) is 0 Å². The molecule has 1 unspecified atom stereocenters. The van der Waals surface area contributed by atoms with Gasteiger partial charge in [-0.1, -0.05) is 24.6 Å². The molecule has 2 fully saturated rings. The maximum atomic E-state index is 6.04. The number of furan rings is 1. The number of nitrogens with zero attached hydrogens (tertiary/aromatic N) is 3. The van der Waals surface area contributed by atoms with Gasteiger partial charge in [-0.05, 0) is 51.3 Å². The van der Waals surface area contributed by atoms with E-state index in [-0.39, 0.29) is 24.0 Å². The lowest BCUT2D eigenvalue weighted by molar-refractivity contribution is 0.198. The van der Waals surface area contributed by atoms with Crippen LogP contribution in [-0.4, -0.2) is 55.5 Å². The van der Waals surface area contributed by atoms with Crippen molar-refractivity contribution in [1.82, 2.24) is 15.1 Å². The van der Waals surface area contributed by atoms with Crippen LogP contribution < -0.4 is 5.32 Å². The first-order valence-electron chi connectivity index (χ1n) is 10.4. The number of aliphatic imine (C=N–C) groups is 1. The van der Waals surface area contributed by atoms with Crippen LogP contribution >= 0.6 is 24.0 Å². The fourth-order valence-corrected chi connectivity index (χ4v) is 4.57. The number of hydrogen-bond donors (Lipinski definition) is 1. The average molecular weight is 496 g/mol. The Morgan fingerprint density at radius 1 is 1.18 bits per heavy atom. The van der Waals surface area contributed by atoms with Crippen LogP contribution in [0.4, 0.5) is 0 Å². The third-order valence-corrected chi connectivity index (χ3v) is 6.11. The molecule has 1 atom stereocenters. The van der Waals surface area contributed by atoms with E-state index < -0.39 is 0 Å². The van der Waals surface area contributed by atoms with Crippen molar-refractivity contribution >= 4 is 40.9 Å². The van der Waals surface area contributed by atoms with Crippen LogP contribution in [0.5, 0.6) is 0 Å². The number of nitrogens with one attached hydrogen (secondary N) is 1. The molecule has 0 bridgehead atoms. The molecular weight excluding hydrogens is 463 g/mol. The van der Waals surface area contributed by atoms with E-state index in [4.69, 9.17) is 4.42 Å². The number of aryl methyl sites for hydroxylation is 1. The minimum Gasteiger partial charge on any atom is -0.459 e. The third-order valence-electron chi connectivity index (χ3n) is 6.11. The molecule has 0 aliphatic carbocycles. The van der Waals surface area contributed by atoms with Gasteiger partial charge < -0.3 is 19.5 Å². The van der Waals surface area contributed by atoms with Gasteiger partial charge in [-0.2, -0.15) is 0 Å². The van der Waals surface area contributed by atoms with Gasteiger partial charge in [0.05, 0.1) is 6.54 Å². The van der Waals surface area contributed by atoms with Crippen molar-refractivity contribution in [2.24, 2.45) is 10.9 Å². The number of hydrogen-bond acceptors (Lipinski definition) is 3. The molecule has 6 heteroatoms. The molecule has 2 saturated heterocycles. The molecule has 0 amide bonds. The number of piperidine rings is 1. The molecule has 3 heterocycles. The Hall–Kier alpha value is -1.28. The van der Waals surface area contributed by atoms with E-state index in [2.05, 4.69) is 39.2 Å². The van der Waals surface area contributed by atoms with Crippen LogP contribution in [-0.2, 0) is 6.54 Å². The number of halogens is 1. The number of benzene rings is 1. The lowest BCUT2D eigenvalue weighted by Crippen LogP contribution is -2.41. The minimum atomic E-state index is 0. The SMILES string of the molecule is CN=C(NCc1oc2ccccc2c1C)N1CCC(CN2CCCCC2)C1.I. The highest BCUT2D eigenvalue weighted by molar-refractivity contribution is 14.0. The number of para-hydroxylation sites is 1. The largest absolute Gasteiger partial charge is 0.459 e. The van der Waals surface area contributed by atoms with Gasteiger partial charge in [-0.25, -0.2) is 0 Å². The molecule has 5 nitrogen and oxygen atoms in total. The number of fused-ring (bicyclic) bond motifs is 1. The quantitative estimate of drug-likeness (QED) is 0.391. The first-order valence-corrected chi connectivity index (χ1v) is 10.4. The van der Waals surface area contributed by atoms with E-state index in [1.165, 1.54) is 56.3 Å². The van der Waals surface area contributed by atoms with Crippen LogP contribution in [0, 0.1) is 12.8 Å². The van der Waals surface area contributed by atoms with E-state index >= 15 is 0 Å². The molecular formula is C22H33IN4O. The van der Waals surface area contributed by atoms with Gasteiger partial charge >= 0.3 is 0 Å². The van der Waals surface area contributed by atoms with Crippen molar-refractivity contribution < 1.29 is 4.42 Å². The summed E-state index contributed by atoms with van der Waals surface area (Å²) in [6.45, 7) is 8.84. The fourth-order valence-electron chi connectivity index (χ4n) is 4.57. The smallest absolute Gasteiger partial charge is 0.194 e. The molecule has 2 aliphatic heterocycles. The Bertz CT molecular complexity index is 797. The molecule has 2 aromatic rings. The van der Waals surface area contributed by atoms with E-state index in [0.29, 0.717) is 6.54 Å². The zero-order valence-corrected chi connectivity index (χ0v) is 19.4.